The number of hydrogen-bond donors (Lipinski definition) is 2. The highest BCUT2D eigenvalue weighted by Crippen LogP contribution is 2.38. The summed E-state index contributed by atoms with van der Waals surface area (Å²) < 4.78 is 37.7. The first-order chi connectivity index (χ1) is 9.85. The van der Waals surface area contributed by atoms with Gasteiger partial charge in [0.15, 0.2) is 0 Å². The largest absolute Gasteiger partial charge is 0.416 e. The first-order valence-corrected chi connectivity index (χ1v) is 7.48. The Bertz CT molecular complexity index is 448. The lowest BCUT2D eigenvalue weighted by molar-refractivity contribution is -0.137. The molecule has 118 valence electrons. The van der Waals surface area contributed by atoms with Crippen molar-refractivity contribution in [3.8, 4) is 0 Å². The van der Waals surface area contributed by atoms with E-state index >= 15 is 0 Å². The molecular weight excluding hydrogens is 279 g/mol. The molecule has 21 heavy (non-hydrogen) atoms. The van der Waals surface area contributed by atoms with Crippen molar-refractivity contribution in [1.29, 1.82) is 0 Å². The Kier molecular flexibility index (Phi) is 4.94. The topological polar surface area (TPSA) is 32.3 Å². The number of rotatable bonds is 4. The predicted molar refractivity (Wildman–Crippen MR) is 75.9 cm³/mol. The summed E-state index contributed by atoms with van der Waals surface area (Å²) in [6.07, 6.45) is -0.406. The number of halogens is 3. The molecule has 0 aliphatic heterocycles. The maximum Gasteiger partial charge on any atom is 0.416 e. The second-order valence-corrected chi connectivity index (χ2v) is 5.84. The zero-order chi connectivity index (χ0) is 15.5. The van der Waals surface area contributed by atoms with E-state index in [1.165, 1.54) is 12.1 Å². The van der Waals surface area contributed by atoms with Crippen LogP contribution in [0.3, 0.4) is 0 Å². The van der Waals surface area contributed by atoms with Crippen molar-refractivity contribution in [1.82, 2.24) is 5.32 Å². The van der Waals surface area contributed by atoms with Crippen LogP contribution in [0.25, 0.3) is 0 Å². The normalized spacial score (nSPS) is 26.8. The van der Waals surface area contributed by atoms with Crippen molar-refractivity contribution >= 4 is 0 Å². The summed E-state index contributed by atoms with van der Waals surface area (Å²) >= 11 is 0. The zero-order valence-corrected chi connectivity index (χ0v) is 12.2. The van der Waals surface area contributed by atoms with Gasteiger partial charge in [-0.2, -0.15) is 13.2 Å². The monoisotopic (exact) mass is 301 g/mol. The molecule has 0 radical (unpaired) electrons. The highest BCUT2D eigenvalue weighted by atomic mass is 19.4. The molecular formula is C16H22F3NO. The molecule has 0 spiro atoms. The van der Waals surface area contributed by atoms with Crippen LogP contribution in [-0.2, 0) is 11.8 Å². The summed E-state index contributed by atoms with van der Waals surface area (Å²) in [5.74, 6) is 0. The van der Waals surface area contributed by atoms with Gasteiger partial charge in [0.05, 0.1) is 11.2 Å². The number of aliphatic hydroxyl groups is 1. The molecule has 1 saturated carbocycles. The van der Waals surface area contributed by atoms with E-state index in [0.717, 1.165) is 37.9 Å². The van der Waals surface area contributed by atoms with Crippen molar-refractivity contribution in [2.24, 2.45) is 0 Å². The smallest absolute Gasteiger partial charge is 0.385 e. The highest BCUT2D eigenvalue weighted by molar-refractivity contribution is 5.29. The Morgan fingerprint density at radius 3 is 2.24 bits per heavy atom. The summed E-state index contributed by atoms with van der Waals surface area (Å²) in [5.41, 5.74) is -1.08. The Balaban J connectivity index is 2.01. The fourth-order valence-corrected chi connectivity index (χ4v) is 2.91. The predicted octanol–water partition coefficient (Wildman–Crippen LogP) is 3.84. The van der Waals surface area contributed by atoms with Crippen LogP contribution in [0.4, 0.5) is 13.2 Å². The molecule has 5 heteroatoms. The van der Waals surface area contributed by atoms with Crippen LogP contribution >= 0.6 is 0 Å². The third kappa shape index (κ3) is 3.98. The molecule has 0 aromatic heterocycles. The second kappa shape index (κ2) is 6.36. The second-order valence-electron chi connectivity index (χ2n) is 5.84. The molecule has 1 aliphatic carbocycles. The third-order valence-electron chi connectivity index (χ3n) is 4.25. The van der Waals surface area contributed by atoms with Crippen LogP contribution in [0.1, 0.15) is 50.2 Å². The first-order valence-electron chi connectivity index (χ1n) is 7.48. The van der Waals surface area contributed by atoms with E-state index in [2.05, 4.69) is 12.2 Å². The molecule has 0 atom stereocenters. The van der Waals surface area contributed by atoms with Crippen molar-refractivity contribution in [2.75, 3.05) is 6.54 Å². The van der Waals surface area contributed by atoms with Gasteiger partial charge in [-0.15, -0.1) is 0 Å². The third-order valence-corrected chi connectivity index (χ3v) is 4.25. The zero-order valence-electron chi connectivity index (χ0n) is 12.2. The minimum Gasteiger partial charge on any atom is -0.385 e. The minimum absolute atomic E-state index is 0.402. The molecule has 0 amide bonds. The summed E-state index contributed by atoms with van der Waals surface area (Å²) in [4.78, 5) is 0. The Morgan fingerprint density at radius 1 is 1.19 bits per heavy atom. The van der Waals surface area contributed by atoms with Crippen molar-refractivity contribution < 1.29 is 18.3 Å². The summed E-state index contributed by atoms with van der Waals surface area (Å²) in [6.45, 7) is 3.07. The number of alkyl halides is 3. The van der Waals surface area contributed by atoms with Crippen molar-refractivity contribution in [3.63, 3.8) is 0 Å². The molecule has 1 aromatic rings. The van der Waals surface area contributed by atoms with E-state index < -0.39 is 17.3 Å². The first kappa shape index (κ1) is 16.3. The Hall–Kier alpha value is -1.07. The van der Waals surface area contributed by atoms with Crippen LogP contribution < -0.4 is 5.32 Å². The molecule has 0 unspecified atom stereocenters. The number of nitrogens with one attached hydrogen (secondary N) is 1. The molecule has 0 bridgehead atoms. The summed E-state index contributed by atoms with van der Waals surface area (Å²) in [6, 6.07) is 5.31. The van der Waals surface area contributed by atoms with Gasteiger partial charge in [-0.05, 0) is 56.3 Å². The van der Waals surface area contributed by atoms with E-state index in [4.69, 9.17) is 0 Å². The fourth-order valence-electron chi connectivity index (χ4n) is 2.91. The molecule has 0 heterocycles. The standard InChI is InChI=1S/C16H22F3NO/c1-2-11-20-14-7-9-15(21,10-8-14)12-3-5-13(6-4-12)16(17,18)19/h3-6,14,20-21H,2,7-11H2,1H3. The molecule has 1 aromatic carbocycles. The average molecular weight is 301 g/mol. The molecule has 1 aliphatic rings. The van der Waals surface area contributed by atoms with Crippen LogP contribution in [0.2, 0.25) is 0 Å². The van der Waals surface area contributed by atoms with Crippen molar-refractivity contribution in [2.45, 2.75) is 56.8 Å². The minimum atomic E-state index is -4.33. The van der Waals surface area contributed by atoms with Gasteiger partial charge < -0.3 is 10.4 Å². The molecule has 2 rings (SSSR count). The van der Waals surface area contributed by atoms with Crippen LogP contribution in [0.5, 0.6) is 0 Å². The van der Waals surface area contributed by atoms with Gasteiger partial charge in [0.1, 0.15) is 0 Å². The van der Waals surface area contributed by atoms with Crippen LogP contribution in [-0.4, -0.2) is 17.7 Å². The quantitative estimate of drug-likeness (QED) is 0.885. The average Bonchev–Trinajstić information content (AvgIpc) is 2.46. The molecule has 1 fully saturated rings. The van der Waals surface area contributed by atoms with Gasteiger partial charge >= 0.3 is 6.18 Å². The Morgan fingerprint density at radius 2 is 1.76 bits per heavy atom. The van der Waals surface area contributed by atoms with Gasteiger partial charge in [-0.3, -0.25) is 0 Å². The summed E-state index contributed by atoms with van der Waals surface area (Å²) in [7, 11) is 0. The molecule has 2 nitrogen and oxygen atoms in total. The number of benzene rings is 1. The lowest BCUT2D eigenvalue weighted by Gasteiger charge is -2.37. The highest BCUT2D eigenvalue weighted by Gasteiger charge is 2.36. The van der Waals surface area contributed by atoms with Gasteiger partial charge in [0.25, 0.3) is 0 Å². The lowest BCUT2D eigenvalue weighted by atomic mass is 9.77. The summed E-state index contributed by atoms with van der Waals surface area (Å²) in [5, 5.41) is 14.1. The van der Waals surface area contributed by atoms with Crippen LogP contribution in [0, 0.1) is 0 Å². The fraction of sp³-hybridized carbons (Fsp3) is 0.625. The SMILES string of the molecule is CCCNC1CCC(O)(c2ccc(C(F)(F)F)cc2)CC1. The maximum atomic E-state index is 12.6. The van der Waals surface area contributed by atoms with Gasteiger partial charge in [0.2, 0.25) is 0 Å². The van der Waals surface area contributed by atoms with E-state index in [-0.39, 0.29) is 0 Å². The van der Waals surface area contributed by atoms with E-state index in [1.54, 1.807) is 0 Å². The van der Waals surface area contributed by atoms with Crippen molar-refractivity contribution in [3.05, 3.63) is 35.4 Å². The van der Waals surface area contributed by atoms with Crippen LogP contribution in [0.15, 0.2) is 24.3 Å². The maximum absolute atomic E-state index is 12.6. The van der Waals surface area contributed by atoms with Gasteiger partial charge in [-0.25, -0.2) is 0 Å². The van der Waals surface area contributed by atoms with Gasteiger partial charge in [-0.1, -0.05) is 19.1 Å². The van der Waals surface area contributed by atoms with E-state index in [9.17, 15) is 18.3 Å². The molecule has 2 N–H and O–H groups in total. The molecule has 0 saturated heterocycles. The van der Waals surface area contributed by atoms with Gasteiger partial charge in [0, 0.05) is 6.04 Å². The lowest BCUT2D eigenvalue weighted by Crippen LogP contribution is -2.40. The van der Waals surface area contributed by atoms with E-state index in [0.29, 0.717) is 24.4 Å². The Labute approximate surface area is 123 Å². The van der Waals surface area contributed by atoms with E-state index in [1.807, 2.05) is 0 Å². The number of hydrogen-bond acceptors (Lipinski definition) is 2.